The van der Waals surface area contributed by atoms with Crippen molar-refractivity contribution >= 4 is 26.7 Å². The number of nitrogens with one attached hydrogen (secondary N) is 1. The minimum absolute atomic E-state index is 0.191. The normalized spacial score (nSPS) is 11.7. The van der Waals surface area contributed by atoms with Gasteiger partial charge in [-0.1, -0.05) is 18.2 Å². The summed E-state index contributed by atoms with van der Waals surface area (Å²) in [6.45, 7) is 0. The molecule has 5 nitrogen and oxygen atoms in total. The Hall–Kier alpha value is -2.60. The van der Waals surface area contributed by atoms with Gasteiger partial charge in [-0.25, -0.2) is 13.2 Å². The van der Waals surface area contributed by atoms with Crippen LogP contribution in [0.2, 0.25) is 0 Å². The lowest BCUT2D eigenvalue weighted by molar-refractivity contribution is 0.0699. The molecule has 6 heteroatoms. The second-order valence-corrected chi connectivity index (χ2v) is 7.08. The number of sulfone groups is 1. The third-order valence-electron chi connectivity index (χ3n) is 3.51. The van der Waals surface area contributed by atoms with Crippen molar-refractivity contribution in [3.63, 3.8) is 0 Å². The van der Waals surface area contributed by atoms with Gasteiger partial charge in [-0.3, -0.25) is 0 Å². The van der Waals surface area contributed by atoms with Crippen LogP contribution in [-0.4, -0.2) is 30.7 Å². The molecule has 0 bridgehead atoms. The monoisotopic (exact) mass is 315 g/mol. The van der Waals surface area contributed by atoms with E-state index in [0.717, 1.165) is 22.9 Å². The zero-order valence-corrected chi connectivity index (χ0v) is 12.5. The van der Waals surface area contributed by atoms with Crippen molar-refractivity contribution in [1.82, 2.24) is 4.98 Å². The Morgan fingerprint density at radius 3 is 2.50 bits per heavy atom. The van der Waals surface area contributed by atoms with E-state index in [9.17, 15) is 18.3 Å². The standard InChI is InChI=1S/C16H13NO4S/c1-22(20,21)12-4-2-3-10(7-12)11-5-6-15-13(8-11)14(9-17-15)16(18)19/h2-9,17H,1H3,(H,18,19). The van der Waals surface area contributed by atoms with E-state index in [0.29, 0.717) is 5.39 Å². The number of aromatic amines is 1. The molecule has 0 radical (unpaired) electrons. The molecule has 0 aliphatic heterocycles. The molecule has 112 valence electrons. The first-order chi connectivity index (χ1) is 10.4. The van der Waals surface area contributed by atoms with Crippen LogP contribution in [0, 0.1) is 0 Å². The quantitative estimate of drug-likeness (QED) is 0.778. The van der Waals surface area contributed by atoms with Crippen LogP contribution in [0.25, 0.3) is 22.0 Å². The lowest BCUT2D eigenvalue weighted by Gasteiger charge is -2.05. The summed E-state index contributed by atoms with van der Waals surface area (Å²) in [6.07, 6.45) is 2.60. The second-order valence-electron chi connectivity index (χ2n) is 5.07. The highest BCUT2D eigenvalue weighted by Gasteiger charge is 2.12. The molecule has 3 aromatic rings. The molecule has 0 spiro atoms. The maximum atomic E-state index is 11.6. The van der Waals surface area contributed by atoms with E-state index in [2.05, 4.69) is 4.98 Å². The fraction of sp³-hybridized carbons (Fsp3) is 0.0625. The van der Waals surface area contributed by atoms with E-state index < -0.39 is 15.8 Å². The van der Waals surface area contributed by atoms with Crippen LogP contribution < -0.4 is 0 Å². The van der Waals surface area contributed by atoms with Crippen LogP contribution in [0.3, 0.4) is 0 Å². The summed E-state index contributed by atoms with van der Waals surface area (Å²) in [4.78, 5) is 14.4. The molecule has 0 aliphatic carbocycles. The Morgan fingerprint density at radius 2 is 1.82 bits per heavy atom. The molecular formula is C16H13NO4S. The number of aromatic carboxylic acids is 1. The molecule has 0 unspecified atom stereocenters. The van der Waals surface area contributed by atoms with Gasteiger partial charge in [0, 0.05) is 23.4 Å². The van der Waals surface area contributed by atoms with Gasteiger partial charge in [-0.05, 0) is 35.4 Å². The molecule has 0 amide bonds. The molecule has 1 aromatic heterocycles. The van der Waals surface area contributed by atoms with Gasteiger partial charge >= 0.3 is 5.97 Å². The molecule has 1 heterocycles. The van der Waals surface area contributed by atoms with E-state index >= 15 is 0 Å². The molecule has 0 saturated carbocycles. The van der Waals surface area contributed by atoms with Gasteiger partial charge in [0.25, 0.3) is 0 Å². The van der Waals surface area contributed by atoms with E-state index in [1.807, 2.05) is 6.07 Å². The number of rotatable bonds is 3. The van der Waals surface area contributed by atoms with Crippen molar-refractivity contribution in [2.24, 2.45) is 0 Å². The van der Waals surface area contributed by atoms with Gasteiger partial charge in [-0.15, -0.1) is 0 Å². The van der Waals surface area contributed by atoms with Crippen molar-refractivity contribution in [2.75, 3.05) is 6.26 Å². The number of carboxylic acid groups (broad SMARTS) is 1. The molecule has 0 atom stereocenters. The second kappa shape index (κ2) is 4.99. The summed E-state index contributed by atoms with van der Waals surface area (Å²) in [5.74, 6) is -1.01. The van der Waals surface area contributed by atoms with Gasteiger partial charge < -0.3 is 10.1 Å². The first-order valence-electron chi connectivity index (χ1n) is 6.51. The largest absolute Gasteiger partial charge is 0.478 e. The molecule has 22 heavy (non-hydrogen) atoms. The Bertz CT molecular complexity index is 986. The van der Waals surface area contributed by atoms with Crippen molar-refractivity contribution in [3.8, 4) is 11.1 Å². The average Bonchev–Trinajstić information content (AvgIpc) is 2.89. The minimum Gasteiger partial charge on any atom is -0.478 e. The van der Waals surface area contributed by atoms with Crippen molar-refractivity contribution in [2.45, 2.75) is 4.90 Å². The van der Waals surface area contributed by atoms with Gasteiger partial charge in [0.1, 0.15) is 0 Å². The summed E-state index contributed by atoms with van der Waals surface area (Å²) in [5.41, 5.74) is 2.40. The SMILES string of the molecule is CS(=O)(=O)c1cccc(-c2ccc3[nH]cc(C(=O)O)c3c2)c1. The summed E-state index contributed by atoms with van der Waals surface area (Å²) in [5, 5.41) is 9.78. The van der Waals surface area contributed by atoms with E-state index in [1.165, 1.54) is 12.3 Å². The van der Waals surface area contributed by atoms with Crippen LogP contribution >= 0.6 is 0 Å². The summed E-state index contributed by atoms with van der Waals surface area (Å²) < 4.78 is 23.3. The highest BCUT2D eigenvalue weighted by molar-refractivity contribution is 7.90. The number of hydrogen-bond donors (Lipinski definition) is 2. The van der Waals surface area contributed by atoms with Crippen LogP contribution in [0.1, 0.15) is 10.4 Å². The Labute approximate surface area is 127 Å². The maximum Gasteiger partial charge on any atom is 0.337 e. The smallest absolute Gasteiger partial charge is 0.337 e. The molecular weight excluding hydrogens is 302 g/mol. The predicted molar refractivity (Wildman–Crippen MR) is 83.8 cm³/mol. The van der Waals surface area contributed by atoms with Crippen molar-refractivity contribution < 1.29 is 18.3 Å². The van der Waals surface area contributed by atoms with Crippen LogP contribution in [0.5, 0.6) is 0 Å². The fourth-order valence-corrected chi connectivity index (χ4v) is 3.05. The van der Waals surface area contributed by atoms with Gasteiger partial charge in [-0.2, -0.15) is 0 Å². The third kappa shape index (κ3) is 2.48. The lowest BCUT2D eigenvalue weighted by atomic mass is 10.0. The van der Waals surface area contributed by atoms with Crippen molar-refractivity contribution in [3.05, 3.63) is 54.2 Å². The number of H-pyrrole nitrogens is 1. The Balaban J connectivity index is 2.18. The summed E-state index contributed by atoms with van der Waals surface area (Å²) in [6, 6.07) is 11.9. The topological polar surface area (TPSA) is 87.2 Å². The number of aromatic nitrogens is 1. The van der Waals surface area contributed by atoms with E-state index in [-0.39, 0.29) is 10.5 Å². The Kier molecular flexibility index (Phi) is 3.26. The molecule has 0 aliphatic rings. The zero-order chi connectivity index (χ0) is 15.9. The van der Waals surface area contributed by atoms with Crippen LogP contribution in [0.15, 0.2) is 53.6 Å². The highest BCUT2D eigenvalue weighted by Crippen LogP contribution is 2.27. The fourth-order valence-electron chi connectivity index (χ4n) is 2.38. The molecule has 3 rings (SSSR count). The van der Waals surface area contributed by atoms with Gasteiger partial charge in [0.05, 0.1) is 10.5 Å². The van der Waals surface area contributed by atoms with E-state index in [4.69, 9.17) is 0 Å². The maximum absolute atomic E-state index is 11.6. The minimum atomic E-state index is -3.29. The number of carbonyl (C=O) groups is 1. The van der Waals surface area contributed by atoms with Gasteiger partial charge in [0.15, 0.2) is 9.84 Å². The first kappa shape index (κ1) is 14.3. The number of carboxylic acids is 1. The van der Waals surface area contributed by atoms with Crippen LogP contribution in [0.4, 0.5) is 0 Å². The summed E-state index contributed by atoms with van der Waals surface area (Å²) in [7, 11) is -3.29. The Morgan fingerprint density at radius 1 is 1.09 bits per heavy atom. The number of hydrogen-bond acceptors (Lipinski definition) is 3. The summed E-state index contributed by atoms with van der Waals surface area (Å²) >= 11 is 0. The van der Waals surface area contributed by atoms with Crippen LogP contribution in [-0.2, 0) is 9.84 Å². The average molecular weight is 315 g/mol. The van der Waals surface area contributed by atoms with Crippen molar-refractivity contribution in [1.29, 1.82) is 0 Å². The number of benzene rings is 2. The lowest BCUT2D eigenvalue weighted by Crippen LogP contribution is -1.97. The molecule has 2 N–H and O–H groups in total. The number of fused-ring (bicyclic) bond motifs is 1. The third-order valence-corrected chi connectivity index (χ3v) is 4.62. The van der Waals surface area contributed by atoms with Gasteiger partial charge in [0.2, 0.25) is 0 Å². The predicted octanol–water partition coefficient (Wildman–Crippen LogP) is 2.94. The molecule has 0 fully saturated rings. The molecule has 2 aromatic carbocycles. The molecule has 0 saturated heterocycles. The highest BCUT2D eigenvalue weighted by atomic mass is 32.2. The zero-order valence-electron chi connectivity index (χ0n) is 11.7. The first-order valence-corrected chi connectivity index (χ1v) is 8.40. The van der Waals surface area contributed by atoms with E-state index in [1.54, 1.807) is 30.3 Å².